The van der Waals surface area contributed by atoms with E-state index in [1.54, 1.807) is 17.8 Å². The first-order valence-electron chi connectivity index (χ1n) is 13.0. The Labute approximate surface area is 233 Å². The molecule has 0 radical (unpaired) electrons. The number of sulfone groups is 1. The SMILES string of the molecule is COc1cc(Nc2ncc3ccc(-c4ccccc4NCS(C)(=O)=O)n3n2)ccc1C1CCN(CC(N)=O)CC1. The van der Waals surface area contributed by atoms with E-state index in [1.165, 1.54) is 6.26 Å². The fourth-order valence-corrected chi connectivity index (χ4v) is 5.53. The average molecular weight is 564 g/mol. The number of nitrogens with zero attached hydrogens (tertiary/aromatic N) is 4. The van der Waals surface area contributed by atoms with Crippen LogP contribution in [0.2, 0.25) is 0 Å². The minimum atomic E-state index is -3.20. The number of benzene rings is 2. The van der Waals surface area contributed by atoms with Gasteiger partial charge in [-0.25, -0.2) is 17.9 Å². The van der Waals surface area contributed by atoms with Gasteiger partial charge in [0.2, 0.25) is 11.9 Å². The van der Waals surface area contributed by atoms with E-state index in [0.717, 1.165) is 59.7 Å². The molecule has 1 saturated heterocycles. The number of likely N-dealkylation sites (tertiary alicyclic amines) is 1. The normalized spacial score (nSPS) is 14.8. The number of methoxy groups -OCH3 is 1. The summed E-state index contributed by atoms with van der Waals surface area (Å²) in [5, 5.41) is 11.0. The Bertz CT molecular complexity index is 1630. The quantitative estimate of drug-likeness (QED) is 0.265. The van der Waals surface area contributed by atoms with E-state index in [9.17, 15) is 13.2 Å². The standard InChI is InChI=1S/C28H33N7O4S/c1-39-26-15-20(7-9-22(26)19-11-13-34(14-12-19)17-27(29)36)32-28-30-16-21-8-10-25(35(21)33-28)23-5-3-4-6-24(23)31-18-40(2,37)38/h3-10,15-16,19,31H,11-14,17-18H2,1-2H3,(H2,29,36)(H,32,33). The molecule has 11 nitrogen and oxygen atoms in total. The van der Waals surface area contributed by atoms with Crippen LogP contribution >= 0.6 is 0 Å². The van der Waals surface area contributed by atoms with Gasteiger partial charge in [0.15, 0.2) is 9.84 Å². The fourth-order valence-electron chi connectivity index (χ4n) is 5.11. The van der Waals surface area contributed by atoms with E-state index >= 15 is 0 Å². The lowest BCUT2D eigenvalue weighted by molar-refractivity contribution is -0.119. The molecule has 4 N–H and O–H groups in total. The molecule has 2 aromatic carbocycles. The van der Waals surface area contributed by atoms with E-state index < -0.39 is 9.84 Å². The summed E-state index contributed by atoms with van der Waals surface area (Å²) in [6.45, 7) is 1.93. The van der Waals surface area contributed by atoms with Gasteiger partial charge in [-0.05, 0) is 61.7 Å². The summed E-state index contributed by atoms with van der Waals surface area (Å²) < 4.78 is 30.9. The lowest BCUT2D eigenvalue weighted by atomic mass is 9.88. The van der Waals surface area contributed by atoms with Crippen LogP contribution in [-0.4, -0.2) is 72.7 Å². The maximum Gasteiger partial charge on any atom is 0.245 e. The van der Waals surface area contributed by atoms with Crippen LogP contribution in [0, 0.1) is 0 Å². The summed E-state index contributed by atoms with van der Waals surface area (Å²) in [4.78, 5) is 17.8. The Hall–Kier alpha value is -4.16. The molecule has 0 atom stereocenters. The van der Waals surface area contributed by atoms with Crippen LogP contribution in [0.5, 0.6) is 5.75 Å². The highest BCUT2D eigenvalue weighted by Gasteiger charge is 2.24. The van der Waals surface area contributed by atoms with E-state index in [-0.39, 0.29) is 11.8 Å². The van der Waals surface area contributed by atoms with Gasteiger partial charge in [0.1, 0.15) is 11.6 Å². The fraction of sp³-hybridized carbons (Fsp3) is 0.321. The monoisotopic (exact) mass is 563 g/mol. The predicted octanol–water partition coefficient (Wildman–Crippen LogP) is 3.23. The molecule has 2 aromatic heterocycles. The number of nitrogens with one attached hydrogen (secondary N) is 2. The highest BCUT2D eigenvalue weighted by Crippen LogP contribution is 2.36. The van der Waals surface area contributed by atoms with Crippen LogP contribution in [-0.2, 0) is 14.6 Å². The first kappa shape index (κ1) is 27.4. The van der Waals surface area contributed by atoms with Crippen LogP contribution in [0.3, 0.4) is 0 Å². The first-order valence-corrected chi connectivity index (χ1v) is 15.1. The summed E-state index contributed by atoms with van der Waals surface area (Å²) in [7, 11) is -1.54. The highest BCUT2D eigenvalue weighted by molar-refractivity contribution is 7.90. The number of aromatic nitrogens is 3. The summed E-state index contributed by atoms with van der Waals surface area (Å²) in [6, 6.07) is 17.4. The number of rotatable bonds is 10. The molecule has 1 fully saturated rings. The first-order chi connectivity index (χ1) is 19.2. The molecule has 1 amide bonds. The molecule has 0 unspecified atom stereocenters. The lowest BCUT2D eigenvalue weighted by Crippen LogP contribution is -2.39. The van der Waals surface area contributed by atoms with Gasteiger partial charge in [0, 0.05) is 29.3 Å². The number of carbonyl (C=O) groups is 1. The minimum absolute atomic E-state index is 0.167. The van der Waals surface area contributed by atoms with Crippen molar-refractivity contribution in [1.82, 2.24) is 19.5 Å². The summed E-state index contributed by atoms with van der Waals surface area (Å²) in [5.74, 6) is 1.05. The molecular weight excluding hydrogens is 530 g/mol. The number of fused-ring (bicyclic) bond motifs is 1. The summed E-state index contributed by atoms with van der Waals surface area (Å²) >= 11 is 0. The van der Waals surface area contributed by atoms with Crippen LogP contribution < -0.4 is 21.1 Å². The molecule has 40 heavy (non-hydrogen) atoms. The van der Waals surface area contributed by atoms with Crippen molar-refractivity contribution in [3.05, 3.63) is 66.4 Å². The number of hydrogen-bond donors (Lipinski definition) is 3. The van der Waals surface area contributed by atoms with E-state index in [4.69, 9.17) is 15.6 Å². The molecule has 5 rings (SSSR count). The molecular formula is C28H33N7O4S. The van der Waals surface area contributed by atoms with Crippen molar-refractivity contribution in [1.29, 1.82) is 0 Å². The molecule has 12 heteroatoms. The Kier molecular flexibility index (Phi) is 7.90. The molecule has 0 bridgehead atoms. The number of ether oxygens (including phenoxy) is 1. The number of piperidine rings is 1. The number of hydrogen-bond acceptors (Lipinski definition) is 9. The third-order valence-electron chi connectivity index (χ3n) is 7.02. The second-order valence-corrected chi connectivity index (χ2v) is 12.2. The van der Waals surface area contributed by atoms with E-state index in [0.29, 0.717) is 24.1 Å². The van der Waals surface area contributed by atoms with Gasteiger partial charge in [-0.3, -0.25) is 9.69 Å². The molecule has 0 aliphatic carbocycles. The van der Waals surface area contributed by atoms with Crippen LogP contribution in [0.1, 0.15) is 24.3 Å². The lowest BCUT2D eigenvalue weighted by Gasteiger charge is -2.32. The molecule has 0 spiro atoms. The van der Waals surface area contributed by atoms with Gasteiger partial charge in [0.25, 0.3) is 0 Å². The topological polar surface area (TPSA) is 144 Å². The highest BCUT2D eigenvalue weighted by atomic mass is 32.2. The number of primary amides is 1. The van der Waals surface area contributed by atoms with Crippen LogP contribution in [0.15, 0.2) is 60.8 Å². The number of para-hydroxylation sites is 1. The maximum atomic E-state index is 11.7. The second kappa shape index (κ2) is 11.5. The van der Waals surface area contributed by atoms with Gasteiger partial charge >= 0.3 is 0 Å². The smallest absolute Gasteiger partial charge is 0.245 e. The van der Waals surface area contributed by atoms with Crippen molar-refractivity contribution >= 4 is 38.6 Å². The number of amides is 1. The molecule has 0 saturated carbocycles. The molecule has 1 aliphatic rings. The Morgan fingerprint density at radius 2 is 1.90 bits per heavy atom. The Morgan fingerprint density at radius 3 is 2.62 bits per heavy atom. The zero-order valence-corrected chi connectivity index (χ0v) is 23.3. The van der Waals surface area contributed by atoms with Crippen molar-refractivity contribution in [3.8, 4) is 17.0 Å². The van der Waals surface area contributed by atoms with Gasteiger partial charge < -0.3 is 21.1 Å². The van der Waals surface area contributed by atoms with Crippen molar-refractivity contribution in [2.45, 2.75) is 18.8 Å². The van der Waals surface area contributed by atoms with Crippen molar-refractivity contribution in [2.75, 3.05) is 49.5 Å². The van der Waals surface area contributed by atoms with Crippen LogP contribution in [0.4, 0.5) is 17.3 Å². The van der Waals surface area contributed by atoms with Gasteiger partial charge in [0.05, 0.1) is 31.1 Å². The summed E-state index contributed by atoms with van der Waals surface area (Å²) in [6.07, 6.45) is 4.77. The Balaban J connectivity index is 1.36. The molecule has 1 aliphatic heterocycles. The third kappa shape index (κ3) is 6.35. The van der Waals surface area contributed by atoms with Gasteiger partial charge in [-0.15, -0.1) is 5.10 Å². The van der Waals surface area contributed by atoms with Crippen LogP contribution in [0.25, 0.3) is 16.8 Å². The van der Waals surface area contributed by atoms with E-state index in [1.807, 2.05) is 48.5 Å². The second-order valence-electron chi connectivity index (χ2n) is 10.0. The minimum Gasteiger partial charge on any atom is -0.496 e. The number of nitrogens with two attached hydrogens (primary N) is 1. The number of carbonyl (C=O) groups excluding carboxylic acids is 1. The van der Waals surface area contributed by atoms with Gasteiger partial charge in [-0.2, -0.15) is 0 Å². The molecule has 3 heterocycles. The van der Waals surface area contributed by atoms with Crippen molar-refractivity contribution < 1.29 is 17.9 Å². The average Bonchev–Trinajstić information content (AvgIpc) is 3.35. The summed E-state index contributed by atoms with van der Waals surface area (Å²) in [5.41, 5.74) is 10.4. The predicted molar refractivity (Wildman–Crippen MR) is 156 cm³/mol. The molecule has 210 valence electrons. The van der Waals surface area contributed by atoms with Gasteiger partial charge in [-0.1, -0.05) is 24.3 Å². The van der Waals surface area contributed by atoms with Crippen molar-refractivity contribution in [3.63, 3.8) is 0 Å². The van der Waals surface area contributed by atoms with Crippen molar-refractivity contribution in [2.24, 2.45) is 5.73 Å². The Morgan fingerprint density at radius 1 is 1.12 bits per heavy atom. The number of anilines is 3. The molecule has 4 aromatic rings. The largest absolute Gasteiger partial charge is 0.496 e. The maximum absolute atomic E-state index is 11.7. The van der Waals surface area contributed by atoms with E-state index in [2.05, 4.69) is 26.6 Å². The zero-order chi connectivity index (χ0) is 28.3. The third-order valence-corrected chi connectivity index (χ3v) is 7.69. The zero-order valence-electron chi connectivity index (χ0n) is 22.5.